The van der Waals surface area contributed by atoms with E-state index in [0.29, 0.717) is 44.1 Å². The molecule has 0 saturated heterocycles. The van der Waals surface area contributed by atoms with Gasteiger partial charge in [0, 0.05) is 19.1 Å². The normalized spacial score (nSPS) is 12.9. The third-order valence-corrected chi connectivity index (χ3v) is 10.4. The smallest absolute Gasteiger partial charge is 0.306 e. The second-order valence-electron chi connectivity index (χ2n) is 15.9. The molecule has 0 saturated carbocycles. The van der Waals surface area contributed by atoms with Crippen molar-refractivity contribution in [1.29, 1.82) is 0 Å². The van der Waals surface area contributed by atoms with E-state index in [1.165, 1.54) is 83.5 Å². The van der Waals surface area contributed by atoms with Gasteiger partial charge in [-0.05, 0) is 103 Å². The van der Waals surface area contributed by atoms with Crippen molar-refractivity contribution in [3.63, 3.8) is 0 Å². The topological polar surface area (TPSA) is 65.1 Å². The molecule has 0 spiro atoms. The van der Waals surface area contributed by atoms with E-state index in [0.717, 1.165) is 83.8 Å². The van der Waals surface area contributed by atoms with Crippen molar-refractivity contribution in [1.82, 2.24) is 4.90 Å². The molecule has 308 valence electrons. The lowest BCUT2D eigenvalue weighted by atomic mass is 9.98. The largest absolute Gasteiger partial charge is 0.466 e. The van der Waals surface area contributed by atoms with Crippen LogP contribution in [0.3, 0.4) is 0 Å². The molecule has 3 unspecified atom stereocenters. The molecule has 0 amide bonds. The van der Waals surface area contributed by atoms with Gasteiger partial charge in [0.15, 0.2) is 0 Å². The van der Waals surface area contributed by atoms with E-state index in [4.69, 9.17) is 14.2 Å². The molecule has 0 aromatic heterocycles. The fourth-order valence-corrected chi connectivity index (χ4v) is 6.59. The van der Waals surface area contributed by atoms with E-state index in [1.807, 2.05) is 6.08 Å². The van der Waals surface area contributed by atoms with E-state index in [2.05, 4.69) is 70.3 Å². The number of carbonyl (C=O) groups excluding carboxylic acids is 2. The maximum atomic E-state index is 12.4. The van der Waals surface area contributed by atoms with Gasteiger partial charge in [0.05, 0.1) is 25.7 Å². The Kier molecular flexibility index (Phi) is 36.7. The van der Waals surface area contributed by atoms with Gasteiger partial charge in [-0.15, -0.1) is 0 Å². The number of esters is 2. The summed E-state index contributed by atoms with van der Waals surface area (Å²) in [6.45, 7) is 17.7. The molecular weight excluding hydrogens is 659 g/mol. The lowest BCUT2D eigenvalue weighted by Gasteiger charge is -2.21. The first kappa shape index (κ1) is 50.9. The summed E-state index contributed by atoms with van der Waals surface area (Å²) in [5.74, 6) is 0.440. The van der Waals surface area contributed by atoms with Gasteiger partial charge in [-0.25, -0.2) is 0 Å². The van der Waals surface area contributed by atoms with Crippen LogP contribution in [0.15, 0.2) is 29.8 Å². The monoisotopic (exact) mass is 744 g/mol. The molecule has 6 nitrogen and oxygen atoms in total. The number of ether oxygens (including phenoxy) is 3. The third-order valence-electron chi connectivity index (χ3n) is 10.4. The average molecular weight is 744 g/mol. The number of rotatable bonds is 38. The zero-order valence-electron chi connectivity index (χ0n) is 35.8. The fourth-order valence-electron chi connectivity index (χ4n) is 6.59. The first-order valence-electron chi connectivity index (χ1n) is 22.2. The Bertz CT molecular complexity index is 975. The van der Waals surface area contributed by atoms with Crippen molar-refractivity contribution >= 4 is 11.9 Å². The van der Waals surface area contributed by atoms with Gasteiger partial charge in [-0.2, -0.15) is 0 Å². The van der Waals surface area contributed by atoms with Gasteiger partial charge < -0.3 is 19.1 Å². The fraction of sp³-hybridized carbons (Fsp3) is 0.851. The highest BCUT2D eigenvalue weighted by Gasteiger charge is 2.13. The van der Waals surface area contributed by atoms with Crippen LogP contribution in [0.5, 0.6) is 0 Å². The molecule has 6 heteroatoms. The molecule has 0 bridgehead atoms. The first-order valence-corrected chi connectivity index (χ1v) is 22.2. The van der Waals surface area contributed by atoms with Crippen molar-refractivity contribution in [2.24, 2.45) is 11.8 Å². The van der Waals surface area contributed by atoms with Crippen LogP contribution in [0.4, 0.5) is 0 Å². The first-order chi connectivity index (χ1) is 25.7. The molecule has 3 atom stereocenters. The second-order valence-corrected chi connectivity index (χ2v) is 15.9. The minimum Gasteiger partial charge on any atom is -0.466 e. The van der Waals surface area contributed by atoms with Crippen LogP contribution in [0.1, 0.15) is 202 Å². The Labute approximate surface area is 328 Å². The van der Waals surface area contributed by atoms with Crippen molar-refractivity contribution < 1.29 is 23.8 Å². The standard InChI is InChI=1S/C47H85NO5/c1-8-11-22-31-43(6)40-46(49)52-38-28-20-16-14-18-25-34-45(51-37-30-27-36-48(7)42(4)5)35-26-19-15-17-21-29-39-53-47(50)41-44(32-23-12-9-2)33-24-13-10-3/h32,42-45H,2,8,10-11,13-22,24-31,33-41H2,1,3-7H3. The average Bonchev–Trinajstić information content (AvgIpc) is 3.12. The van der Waals surface area contributed by atoms with Crippen LogP contribution in [-0.2, 0) is 23.8 Å². The van der Waals surface area contributed by atoms with Crippen LogP contribution in [-0.4, -0.2) is 62.4 Å². The lowest BCUT2D eigenvalue weighted by molar-refractivity contribution is -0.145. The van der Waals surface area contributed by atoms with Crippen LogP contribution in [0, 0.1) is 11.8 Å². The summed E-state index contributed by atoms with van der Waals surface area (Å²) in [5, 5.41) is 0. The van der Waals surface area contributed by atoms with Gasteiger partial charge in [0.2, 0.25) is 0 Å². The summed E-state index contributed by atoms with van der Waals surface area (Å²) in [7, 11) is 2.21. The quantitative estimate of drug-likeness (QED) is 0.0356. The molecule has 0 heterocycles. The SMILES string of the molecule is C=C=C=C=CC(CCCCC)CC(=O)OCCCCCCCCC(CCCCCCCCOC(=O)CC(C)CCCCC)OCCCCN(C)C(C)C. The molecular formula is C47H85NO5. The highest BCUT2D eigenvalue weighted by molar-refractivity contribution is 5.70. The summed E-state index contributed by atoms with van der Waals surface area (Å²) >= 11 is 0. The molecule has 0 N–H and O–H groups in total. The summed E-state index contributed by atoms with van der Waals surface area (Å²) in [6, 6.07) is 0.589. The highest BCUT2D eigenvalue weighted by Crippen LogP contribution is 2.19. The number of allylic oxidation sites excluding steroid dienone is 1. The van der Waals surface area contributed by atoms with Crippen LogP contribution >= 0.6 is 0 Å². The molecule has 0 aromatic rings. The lowest BCUT2D eigenvalue weighted by Crippen LogP contribution is -2.27. The van der Waals surface area contributed by atoms with E-state index in [9.17, 15) is 9.59 Å². The zero-order valence-corrected chi connectivity index (χ0v) is 35.8. The third kappa shape index (κ3) is 35.4. The van der Waals surface area contributed by atoms with E-state index < -0.39 is 0 Å². The number of nitrogens with zero attached hydrogens (tertiary/aromatic N) is 1. The van der Waals surface area contributed by atoms with Gasteiger partial charge in [-0.1, -0.05) is 141 Å². The second kappa shape index (κ2) is 38.2. The maximum absolute atomic E-state index is 12.4. The molecule has 0 aliphatic carbocycles. The number of carbonyl (C=O) groups is 2. The Balaban J connectivity index is 4.26. The Morgan fingerprint density at radius 2 is 1.11 bits per heavy atom. The Morgan fingerprint density at radius 3 is 1.66 bits per heavy atom. The van der Waals surface area contributed by atoms with Crippen molar-refractivity contribution in [3.05, 3.63) is 29.8 Å². The predicted molar refractivity (Wildman–Crippen MR) is 224 cm³/mol. The van der Waals surface area contributed by atoms with Gasteiger partial charge in [-0.3, -0.25) is 9.59 Å². The Morgan fingerprint density at radius 1 is 0.623 bits per heavy atom. The maximum Gasteiger partial charge on any atom is 0.306 e. The summed E-state index contributed by atoms with van der Waals surface area (Å²) < 4.78 is 17.5. The molecule has 0 radical (unpaired) electrons. The van der Waals surface area contributed by atoms with Crippen molar-refractivity contribution in [3.8, 4) is 0 Å². The van der Waals surface area contributed by atoms with Crippen LogP contribution < -0.4 is 0 Å². The number of hydrogen-bond donors (Lipinski definition) is 0. The van der Waals surface area contributed by atoms with Crippen LogP contribution in [0.25, 0.3) is 0 Å². The molecule has 0 aromatic carbocycles. The van der Waals surface area contributed by atoms with Gasteiger partial charge in [0.1, 0.15) is 0 Å². The van der Waals surface area contributed by atoms with Crippen molar-refractivity contribution in [2.75, 3.05) is 33.4 Å². The molecule has 0 aliphatic heterocycles. The number of unbranched alkanes of at least 4 members (excludes halogenated alkanes) is 15. The van der Waals surface area contributed by atoms with Gasteiger partial charge >= 0.3 is 11.9 Å². The molecule has 0 aliphatic rings. The molecule has 53 heavy (non-hydrogen) atoms. The Hall–Kier alpha value is -2.06. The van der Waals surface area contributed by atoms with Crippen LogP contribution in [0.2, 0.25) is 0 Å². The van der Waals surface area contributed by atoms with E-state index in [1.54, 1.807) is 0 Å². The highest BCUT2D eigenvalue weighted by atomic mass is 16.5. The number of hydrogen-bond acceptors (Lipinski definition) is 6. The minimum atomic E-state index is -0.110. The minimum absolute atomic E-state index is 0.0211. The molecule has 0 rings (SSSR count). The summed E-state index contributed by atoms with van der Waals surface area (Å²) in [6.07, 6.45) is 31.0. The van der Waals surface area contributed by atoms with E-state index in [-0.39, 0.29) is 17.9 Å². The van der Waals surface area contributed by atoms with Gasteiger partial charge in [0.25, 0.3) is 0 Å². The zero-order chi connectivity index (χ0) is 39.2. The van der Waals surface area contributed by atoms with E-state index >= 15 is 0 Å². The summed E-state index contributed by atoms with van der Waals surface area (Å²) in [5.41, 5.74) is 8.28. The summed E-state index contributed by atoms with van der Waals surface area (Å²) in [4.78, 5) is 26.9. The predicted octanol–water partition coefficient (Wildman–Crippen LogP) is 12.9. The van der Waals surface area contributed by atoms with Crippen molar-refractivity contribution in [2.45, 2.75) is 214 Å². The molecule has 0 fully saturated rings.